The molecule has 0 amide bonds. The number of dihydropyridines is 1. The van der Waals surface area contributed by atoms with Gasteiger partial charge in [0.1, 0.15) is 6.10 Å². The summed E-state index contributed by atoms with van der Waals surface area (Å²) in [4.78, 5) is 39.4. The lowest BCUT2D eigenvalue weighted by Gasteiger charge is -2.37. The summed E-state index contributed by atoms with van der Waals surface area (Å²) in [7, 11) is 4.65. The maximum atomic E-state index is 14.0. The maximum Gasteiger partial charge on any atom is 0.337 e. The van der Waals surface area contributed by atoms with E-state index in [1.165, 1.54) is 14.0 Å². The smallest absolute Gasteiger partial charge is 0.337 e. The van der Waals surface area contributed by atoms with Crippen LogP contribution >= 0.6 is 0 Å². The second-order valence-electron chi connectivity index (χ2n) is 10.9. The van der Waals surface area contributed by atoms with Gasteiger partial charge in [0.25, 0.3) is 0 Å². The summed E-state index contributed by atoms with van der Waals surface area (Å²) in [6, 6.07) is 10.8. The quantitative estimate of drug-likeness (QED) is 0.323. The molecule has 2 aromatic rings. The molecule has 0 aromatic heterocycles. The highest BCUT2D eigenvalue weighted by atomic mass is 16.6. The van der Waals surface area contributed by atoms with Crippen molar-refractivity contribution in [1.29, 1.82) is 0 Å². The zero-order chi connectivity index (χ0) is 30.0. The highest BCUT2D eigenvalue weighted by Crippen LogP contribution is 2.48. The van der Waals surface area contributed by atoms with E-state index in [0.29, 0.717) is 46.1 Å². The van der Waals surface area contributed by atoms with Gasteiger partial charge in [-0.15, -0.1) is 0 Å². The van der Waals surface area contributed by atoms with E-state index in [-0.39, 0.29) is 30.0 Å². The molecule has 1 saturated carbocycles. The molecule has 9 nitrogen and oxygen atoms in total. The van der Waals surface area contributed by atoms with Gasteiger partial charge in [0.05, 0.1) is 26.9 Å². The lowest BCUT2D eigenvalue weighted by Crippen LogP contribution is -2.36. The van der Waals surface area contributed by atoms with Crippen molar-refractivity contribution in [2.45, 2.75) is 70.3 Å². The summed E-state index contributed by atoms with van der Waals surface area (Å²) >= 11 is 0. The number of rotatable bonds is 8. The number of carbonyl (C=O) groups excluding carboxylic acids is 3. The Morgan fingerprint density at radius 2 is 1.45 bits per heavy atom. The highest BCUT2D eigenvalue weighted by molar-refractivity contribution is 6.04. The Balaban J connectivity index is 1.57. The van der Waals surface area contributed by atoms with Crippen LogP contribution in [-0.4, -0.2) is 45.2 Å². The Morgan fingerprint density at radius 3 is 2.12 bits per heavy atom. The normalized spacial score (nSPS) is 20.5. The summed E-state index contributed by atoms with van der Waals surface area (Å²) in [6.45, 7) is 3.16. The number of hydrogen-bond donors (Lipinski definition) is 1. The number of esters is 2. The standard InChI is InChI=1S/C33H37NO8/c1-18-30(33(37)42-23-8-6-7-9-23)31(21-11-13-27(41-19(2)35)29(17-21)40-5)32-24(34-18)14-22(15-25(32)36)20-10-12-26(38-3)28(16-20)39-4/h10-13,16-17,22-23,31,34H,6-9,14-15H2,1-5H3/t22-,31+/m1/s1. The van der Waals surface area contributed by atoms with E-state index in [2.05, 4.69) is 5.32 Å². The Morgan fingerprint density at radius 1 is 0.833 bits per heavy atom. The van der Waals surface area contributed by atoms with Gasteiger partial charge in [-0.3, -0.25) is 9.59 Å². The molecule has 9 heteroatoms. The molecular formula is C33H37NO8. The first-order valence-electron chi connectivity index (χ1n) is 14.3. The van der Waals surface area contributed by atoms with Crippen molar-refractivity contribution >= 4 is 17.7 Å². The monoisotopic (exact) mass is 575 g/mol. The van der Waals surface area contributed by atoms with Crippen LogP contribution in [0.3, 0.4) is 0 Å². The van der Waals surface area contributed by atoms with Gasteiger partial charge in [-0.2, -0.15) is 0 Å². The molecule has 1 N–H and O–H groups in total. The number of ketones is 1. The zero-order valence-corrected chi connectivity index (χ0v) is 24.7. The van der Waals surface area contributed by atoms with Crippen LogP contribution in [0.25, 0.3) is 0 Å². The molecule has 2 aromatic carbocycles. The van der Waals surface area contributed by atoms with Crippen LogP contribution in [-0.2, 0) is 19.1 Å². The summed E-state index contributed by atoms with van der Waals surface area (Å²) < 4.78 is 27.7. The lowest BCUT2D eigenvalue weighted by atomic mass is 9.71. The fraction of sp³-hybridized carbons (Fsp3) is 0.424. The molecule has 3 aliphatic rings. The first-order valence-corrected chi connectivity index (χ1v) is 14.3. The minimum atomic E-state index is -0.672. The SMILES string of the molecule is COc1ccc([C@H]2CC(=O)C3=C(C2)NC(C)=C(C(=O)OC2CCCC2)[C@@H]3c2ccc(OC(C)=O)c(OC)c2)cc1OC. The Bertz CT molecular complexity index is 1470. The molecule has 2 aliphatic carbocycles. The highest BCUT2D eigenvalue weighted by Gasteiger charge is 2.42. The number of ether oxygens (including phenoxy) is 5. The van der Waals surface area contributed by atoms with Crippen molar-refractivity contribution in [3.8, 4) is 23.0 Å². The number of benzene rings is 2. The third-order valence-corrected chi connectivity index (χ3v) is 8.28. The lowest BCUT2D eigenvalue weighted by molar-refractivity contribution is -0.144. The van der Waals surface area contributed by atoms with E-state index in [0.717, 1.165) is 36.9 Å². The van der Waals surface area contributed by atoms with Gasteiger partial charge >= 0.3 is 11.9 Å². The third-order valence-electron chi connectivity index (χ3n) is 8.28. The average molecular weight is 576 g/mol. The summed E-state index contributed by atoms with van der Waals surface area (Å²) in [5.41, 5.74) is 4.00. The Hall–Kier alpha value is -4.27. The molecule has 5 rings (SSSR count). The summed E-state index contributed by atoms with van der Waals surface area (Å²) in [6.07, 6.45) is 4.42. The van der Waals surface area contributed by atoms with Crippen molar-refractivity contribution < 1.29 is 38.1 Å². The maximum absolute atomic E-state index is 14.0. The topological polar surface area (TPSA) is 109 Å². The van der Waals surface area contributed by atoms with Gasteiger partial charge in [0.15, 0.2) is 28.8 Å². The molecule has 0 bridgehead atoms. The molecular weight excluding hydrogens is 538 g/mol. The predicted octanol–water partition coefficient (Wildman–Crippen LogP) is 5.49. The second-order valence-corrected chi connectivity index (χ2v) is 10.9. The summed E-state index contributed by atoms with van der Waals surface area (Å²) in [5.74, 6) is 0.0789. The number of hydrogen-bond acceptors (Lipinski definition) is 9. The minimum absolute atomic E-state index is 0.0600. The second kappa shape index (κ2) is 12.3. The van der Waals surface area contributed by atoms with E-state index in [1.54, 1.807) is 32.4 Å². The fourth-order valence-corrected chi connectivity index (χ4v) is 6.31. The first kappa shape index (κ1) is 29.2. The van der Waals surface area contributed by atoms with Crippen molar-refractivity contribution in [2.75, 3.05) is 21.3 Å². The molecule has 1 fully saturated rings. The van der Waals surface area contributed by atoms with Gasteiger partial charge in [0, 0.05) is 36.2 Å². The van der Waals surface area contributed by atoms with Gasteiger partial charge in [0.2, 0.25) is 0 Å². The Labute approximate surface area is 245 Å². The van der Waals surface area contributed by atoms with Gasteiger partial charge in [-0.25, -0.2) is 4.79 Å². The van der Waals surface area contributed by atoms with E-state index in [1.807, 2.05) is 25.1 Å². The van der Waals surface area contributed by atoms with Crippen LogP contribution in [0.2, 0.25) is 0 Å². The van der Waals surface area contributed by atoms with Crippen LogP contribution in [0.1, 0.15) is 75.3 Å². The summed E-state index contributed by atoms with van der Waals surface area (Å²) in [5, 5.41) is 3.40. The average Bonchev–Trinajstić information content (AvgIpc) is 3.48. The van der Waals surface area contributed by atoms with E-state index >= 15 is 0 Å². The number of allylic oxidation sites excluding steroid dienone is 3. The number of methoxy groups -OCH3 is 3. The minimum Gasteiger partial charge on any atom is -0.493 e. The zero-order valence-electron chi connectivity index (χ0n) is 24.7. The van der Waals surface area contributed by atoms with Gasteiger partial charge < -0.3 is 29.0 Å². The van der Waals surface area contributed by atoms with Crippen molar-refractivity contribution in [1.82, 2.24) is 5.32 Å². The third kappa shape index (κ3) is 5.73. The number of Topliss-reactive ketones (excluding diaryl/α,β-unsaturated/α-hetero) is 1. The first-order chi connectivity index (χ1) is 20.2. The van der Waals surface area contributed by atoms with Crippen LogP contribution in [0, 0.1) is 0 Å². The molecule has 42 heavy (non-hydrogen) atoms. The van der Waals surface area contributed by atoms with Crippen LogP contribution in [0.4, 0.5) is 0 Å². The molecule has 0 spiro atoms. The molecule has 2 atom stereocenters. The Kier molecular flexibility index (Phi) is 8.56. The van der Waals surface area contributed by atoms with Crippen molar-refractivity contribution in [2.24, 2.45) is 0 Å². The van der Waals surface area contributed by atoms with Crippen molar-refractivity contribution in [3.63, 3.8) is 0 Å². The van der Waals surface area contributed by atoms with E-state index in [9.17, 15) is 14.4 Å². The van der Waals surface area contributed by atoms with Crippen LogP contribution in [0.5, 0.6) is 23.0 Å². The largest absolute Gasteiger partial charge is 0.493 e. The molecule has 0 unspecified atom stereocenters. The molecule has 1 heterocycles. The van der Waals surface area contributed by atoms with Crippen LogP contribution in [0.15, 0.2) is 58.9 Å². The van der Waals surface area contributed by atoms with E-state index < -0.39 is 17.9 Å². The van der Waals surface area contributed by atoms with E-state index in [4.69, 9.17) is 23.7 Å². The van der Waals surface area contributed by atoms with Crippen molar-refractivity contribution in [3.05, 3.63) is 70.1 Å². The van der Waals surface area contributed by atoms with Crippen LogP contribution < -0.4 is 24.3 Å². The number of nitrogens with one attached hydrogen (secondary N) is 1. The molecule has 222 valence electrons. The molecule has 0 radical (unpaired) electrons. The molecule has 1 aliphatic heterocycles. The predicted molar refractivity (Wildman–Crippen MR) is 155 cm³/mol. The molecule has 0 saturated heterocycles. The number of carbonyl (C=O) groups is 3. The van der Waals surface area contributed by atoms with Gasteiger partial charge in [-0.05, 0) is 80.3 Å². The van der Waals surface area contributed by atoms with Gasteiger partial charge in [-0.1, -0.05) is 12.1 Å². The fourth-order valence-electron chi connectivity index (χ4n) is 6.31.